The lowest BCUT2D eigenvalue weighted by Crippen LogP contribution is -2.17. The lowest BCUT2D eigenvalue weighted by molar-refractivity contribution is 0.315. The minimum absolute atomic E-state index is 0.744. The molecule has 1 aromatic heterocycles. The van der Waals surface area contributed by atoms with E-state index in [1.165, 1.54) is 5.56 Å². The highest BCUT2D eigenvalue weighted by Crippen LogP contribution is 2.26. The fourth-order valence-corrected chi connectivity index (χ4v) is 3.09. The van der Waals surface area contributed by atoms with E-state index < -0.39 is 0 Å². The number of halogens is 1. The number of para-hydroxylation sites is 2. The van der Waals surface area contributed by atoms with Gasteiger partial charge in [-0.25, -0.2) is 4.98 Å². The Kier molecular flexibility index (Phi) is 5.88. The number of rotatable bonds is 8. The third-order valence-electron chi connectivity index (χ3n) is 3.76. The Labute approximate surface area is 150 Å². The fraction of sp³-hybridized carbons (Fsp3) is 0.316. The second-order valence-electron chi connectivity index (χ2n) is 5.74. The standard InChI is InChI=1S/C19H22BrN3O/c1-2-11-24-18-8-7-14(12-15(18)20)13-21-10-9-19-22-16-5-3-4-6-17(16)23-19/h3-8,12,21H,2,9-11,13H2,1H3,(H,22,23). The van der Waals surface area contributed by atoms with E-state index in [-0.39, 0.29) is 0 Å². The molecule has 3 aromatic rings. The Morgan fingerprint density at radius 3 is 2.88 bits per heavy atom. The van der Waals surface area contributed by atoms with E-state index in [2.05, 4.69) is 56.3 Å². The van der Waals surface area contributed by atoms with Crippen molar-refractivity contribution in [2.24, 2.45) is 0 Å². The molecular formula is C19H22BrN3O. The van der Waals surface area contributed by atoms with Crippen molar-refractivity contribution in [2.75, 3.05) is 13.2 Å². The summed E-state index contributed by atoms with van der Waals surface area (Å²) in [6.07, 6.45) is 1.89. The van der Waals surface area contributed by atoms with Gasteiger partial charge in [-0.3, -0.25) is 0 Å². The van der Waals surface area contributed by atoms with Crippen LogP contribution in [0.25, 0.3) is 11.0 Å². The summed E-state index contributed by atoms with van der Waals surface area (Å²) in [6, 6.07) is 14.4. The molecule has 0 fully saturated rings. The maximum absolute atomic E-state index is 5.67. The molecule has 0 radical (unpaired) electrons. The van der Waals surface area contributed by atoms with Gasteiger partial charge in [0.1, 0.15) is 11.6 Å². The first-order valence-electron chi connectivity index (χ1n) is 8.32. The van der Waals surface area contributed by atoms with Crippen LogP contribution in [0.2, 0.25) is 0 Å². The van der Waals surface area contributed by atoms with Gasteiger partial charge in [0.2, 0.25) is 0 Å². The van der Waals surface area contributed by atoms with Gasteiger partial charge in [0.05, 0.1) is 22.1 Å². The zero-order valence-corrected chi connectivity index (χ0v) is 15.4. The van der Waals surface area contributed by atoms with Gasteiger partial charge in [-0.05, 0) is 52.2 Å². The average Bonchev–Trinajstić information content (AvgIpc) is 3.01. The van der Waals surface area contributed by atoms with Gasteiger partial charge >= 0.3 is 0 Å². The van der Waals surface area contributed by atoms with Crippen LogP contribution in [0.15, 0.2) is 46.9 Å². The second kappa shape index (κ2) is 8.31. The van der Waals surface area contributed by atoms with Crippen molar-refractivity contribution in [3.05, 3.63) is 58.3 Å². The maximum Gasteiger partial charge on any atom is 0.133 e. The Bertz CT molecular complexity index is 767. The number of aromatic nitrogens is 2. The van der Waals surface area contributed by atoms with Crippen molar-refractivity contribution >= 4 is 27.0 Å². The van der Waals surface area contributed by atoms with Crippen molar-refractivity contribution in [3.8, 4) is 5.75 Å². The van der Waals surface area contributed by atoms with Gasteiger partial charge in [-0.1, -0.05) is 25.1 Å². The topological polar surface area (TPSA) is 49.9 Å². The number of imidazole rings is 1. The molecule has 0 spiro atoms. The van der Waals surface area contributed by atoms with Gasteiger partial charge in [-0.15, -0.1) is 0 Å². The van der Waals surface area contributed by atoms with Crippen LogP contribution in [0.5, 0.6) is 5.75 Å². The smallest absolute Gasteiger partial charge is 0.133 e. The van der Waals surface area contributed by atoms with Crippen LogP contribution < -0.4 is 10.1 Å². The molecule has 1 heterocycles. The summed E-state index contributed by atoms with van der Waals surface area (Å²) in [6.45, 7) is 4.56. The Balaban J connectivity index is 1.48. The molecule has 5 heteroatoms. The van der Waals surface area contributed by atoms with Gasteiger partial charge in [-0.2, -0.15) is 0 Å². The average molecular weight is 388 g/mol. The zero-order chi connectivity index (χ0) is 16.8. The number of nitrogens with one attached hydrogen (secondary N) is 2. The number of hydrogen-bond donors (Lipinski definition) is 2. The summed E-state index contributed by atoms with van der Waals surface area (Å²) in [5.74, 6) is 1.93. The quantitative estimate of drug-likeness (QED) is 0.561. The number of H-pyrrole nitrogens is 1. The van der Waals surface area contributed by atoms with Gasteiger partial charge in [0.15, 0.2) is 0 Å². The number of hydrogen-bond acceptors (Lipinski definition) is 3. The predicted molar refractivity (Wildman–Crippen MR) is 101 cm³/mol. The fourth-order valence-electron chi connectivity index (χ4n) is 2.55. The SMILES string of the molecule is CCCOc1ccc(CNCCc2nc3ccccc3[nH]2)cc1Br. The van der Waals surface area contributed by atoms with Crippen molar-refractivity contribution < 1.29 is 4.74 Å². The van der Waals surface area contributed by atoms with E-state index in [0.717, 1.165) is 59.6 Å². The van der Waals surface area contributed by atoms with E-state index in [1.54, 1.807) is 0 Å². The molecule has 2 aromatic carbocycles. The van der Waals surface area contributed by atoms with Gasteiger partial charge in [0, 0.05) is 19.5 Å². The minimum Gasteiger partial charge on any atom is -0.492 e. The van der Waals surface area contributed by atoms with Crippen molar-refractivity contribution in [3.63, 3.8) is 0 Å². The molecule has 0 aliphatic carbocycles. The monoisotopic (exact) mass is 387 g/mol. The number of aromatic amines is 1. The van der Waals surface area contributed by atoms with Crippen LogP contribution >= 0.6 is 15.9 Å². The summed E-state index contributed by atoms with van der Waals surface area (Å²) in [5.41, 5.74) is 3.36. The van der Waals surface area contributed by atoms with Gasteiger partial charge in [0.25, 0.3) is 0 Å². The van der Waals surface area contributed by atoms with Crippen LogP contribution in [-0.2, 0) is 13.0 Å². The summed E-state index contributed by atoms with van der Waals surface area (Å²) in [7, 11) is 0. The molecule has 3 rings (SSSR count). The normalized spacial score (nSPS) is 11.1. The number of ether oxygens (including phenoxy) is 1. The van der Waals surface area contributed by atoms with E-state index in [0.29, 0.717) is 0 Å². The first-order valence-corrected chi connectivity index (χ1v) is 9.11. The molecule has 0 unspecified atom stereocenters. The van der Waals surface area contributed by atoms with Crippen LogP contribution in [0.4, 0.5) is 0 Å². The Morgan fingerprint density at radius 1 is 1.21 bits per heavy atom. The third-order valence-corrected chi connectivity index (χ3v) is 4.38. The summed E-state index contributed by atoms with van der Waals surface area (Å²) in [5, 5.41) is 3.46. The Hall–Kier alpha value is -1.85. The number of nitrogens with zero attached hydrogens (tertiary/aromatic N) is 1. The van der Waals surface area contributed by atoms with Crippen molar-refractivity contribution in [1.82, 2.24) is 15.3 Å². The number of benzene rings is 2. The second-order valence-corrected chi connectivity index (χ2v) is 6.59. The number of fused-ring (bicyclic) bond motifs is 1. The van der Waals surface area contributed by atoms with Crippen molar-refractivity contribution in [1.29, 1.82) is 0 Å². The molecule has 0 amide bonds. The highest BCUT2D eigenvalue weighted by molar-refractivity contribution is 9.10. The molecule has 24 heavy (non-hydrogen) atoms. The first-order chi connectivity index (χ1) is 11.8. The molecular weight excluding hydrogens is 366 g/mol. The molecule has 0 aliphatic heterocycles. The maximum atomic E-state index is 5.67. The molecule has 2 N–H and O–H groups in total. The molecule has 0 saturated heterocycles. The molecule has 0 aliphatic rings. The van der Waals surface area contributed by atoms with Crippen LogP contribution in [0.3, 0.4) is 0 Å². The predicted octanol–water partition coefficient (Wildman–Crippen LogP) is 4.45. The largest absolute Gasteiger partial charge is 0.492 e. The minimum atomic E-state index is 0.744. The molecule has 0 bridgehead atoms. The first kappa shape index (κ1) is 17.0. The molecule has 126 valence electrons. The summed E-state index contributed by atoms with van der Waals surface area (Å²) in [4.78, 5) is 7.95. The summed E-state index contributed by atoms with van der Waals surface area (Å²) < 4.78 is 6.68. The van der Waals surface area contributed by atoms with Gasteiger partial charge < -0.3 is 15.0 Å². The van der Waals surface area contributed by atoms with Crippen molar-refractivity contribution in [2.45, 2.75) is 26.3 Å². The lowest BCUT2D eigenvalue weighted by Gasteiger charge is -2.09. The van der Waals surface area contributed by atoms with E-state index in [9.17, 15) is 0 Å². The molecule has 0 saturated carbocycles. The van der Waals surface area contributed by atoms with E-state index >= 15 is 0 Å². The molecule has 4 nitrogen and oxygen atoms in total. The highest BCUT2D eigenvalue weighted by Gasteiger charge is 2.04. The zero-order valence-electron chi connectivity index (χ0n) is 13.8. The van der Waals surface area contributed by atoms with E-state index in [1.807, 2.05) is 24.3 Å². The Morgan fingerprint density at radius 2 is 2.08 bits per heavy atom. The summed E-state index contributed by atoms with van der Waals surface area (Å²) >= 11 is 3.57. The van der Waals surface area contributed by atoms with Crippen LogP contribution in [-0.4, -0.2) is 23.1 Å². The highest BCUT2D eigenvalue weighted by atomic mass is 79.9. The lowest BCUT2D eigenvalue weighted by atomic mass is 10.2. The third kappa shape index (κ3) is 4.36. The van der Waals surface area contributed by atoms with Crippen LogP contribution in [0.1, 0.15) is 24.7 Å². The van der Waals surface area contributed by atoms with E-state index in [4.69, 9.17) is 4.74 Å². The molecule has 0 atom stereocenters. The van der Waals surface area contributed by atoms with Crippen LogP contribution in [0, 0.1) is 0 Å².